The van der Waals surface area contributed by atoms with Crippen molar-refractivity contribution in [3.8, 4) is 11.5 Å². The highest BCUT2D eigenvalue weighted by Gasteiger charge is 2.34. The van der Waals surface area contributed by atoms with Crippen molar-refractivity contribution in [3.63, 3.8) is 0 Å². The second-order valence-electron chi connectivity index (χ2n) is 3.38. The lowest BCUT2D eigenvalue weighted by Gasteiger charge is -2.16. The van der Waals surface area contributed by atoms with Crippen LogP contribution in [0.2, 0.25) is 0 Å². The van der Waals surface area contributed by atoms with E-state index in [0.717, 1.165) is 6.07 Å². The van der Waals surface area contributed by atoms with Crippen molar-refractivity contribution in [1.29, 1.82) is 0 Å². The number of hydrogen-bond donors (Lipinski definition) is 0. The van der Waals surface area contributed by atoms with Crippen molar-refractivity contribution in [1.82, 2.24) is 0 Å². The van der Waals surface area contributed by atoms with Gasteiger partial charge in [-0.15, -0.1) is 13.2 Å². The molecule has 0 radical (unpaired) electrons. The molecule has 0 atom stereocenters. The van der Waals surface area contributed by atoms with Crippen LogP contribution >= 0.6 is 0 Å². The molecule has 0 fully saturated rings. The lowest BCUT2D eigenvalue weighted by molar-refractivity contribution is -0.275. The van der Waals surface area contributed by atoms with Gasteiger partial charge in [0.2, 0.25) is 0 Å². The third-order valence-corrected chi connectivity index (χ3v) is 2.03. The Labute approximate surface area is 104 Å². The molecule has 0 saturated heterocycles. The average Bonchev–Trinajstić information content (AvgIpc) is 2.27. The minimum atomic E-state index is -5.04. The highest BCUT2D eigenvalue weighted by atomic mass is 19.4. The van der Waals surface area contributed by atoms with Crippen LogP contribution in [-0.2, 0) is 11.2 Å². The number of ether oxygens (including phenoxy) is 2. The van der Waals surface area contributed by atoms with E-state index in [0.29, 0.717) is 6.29 Å². The standard InChI is InChI=1S/C11H9F5O3/c12-10(13)18-8-5-1-3-7(4-2-6-17)9(8)19-11(14,15)16/h1,3,5-6,10H,2,4H2. The fourth-order valence-corrected chi connectivity index (χ4v) is 1.39. The molecular weight excluding hydrogens is 275 g/mol. The van der Waals surface area contributed by atoms with E-state index in [1.807, 2.05) is 0 Å². The van der Waals surface area contributed by atoms with Gasteiger partial charge in [0.15, 0.2) is 11.5 Å². The van der Waals surface area contributed by atoms with Crippen LogP contribution < -0.4 is 9.47 Å². The number of halogens is 5. The molecular formula is C11H9F5O3. The summed E-state index contributed by atoms with van der Waals surface area (Å²) < 4.78 is 68.5. The van der Waals surface area contributed by atoms with E-state index >= 15 is 0 Å². The summed E-state index contributed by atoms with van der Waals surface area (Å²) in [4.78, 5) is 10.2. The van der Waals surface area contributed by atoms with Gasteiger partial charge in [0.05, 0.1) is 0 Å². The quantitative estimate of drug-likeness (QED) is 0.594. The van der Waals surface area contributed by atoms with Crippen molar-refractivity contribution < 1.29 is 36.2 Å². The van der Waals surface area contributed by atoms with E-state index in [1.165, 1.54) is 12.1 Å². The number of aldehydes is 1. The summed E-state index contributed by atoms with van der Waals surface area (Å²) in [6, 6.07) is 3.40. The van der Waals surface area contributed by atoms with Gasteiger partial charge in [-0.05, 0) is 18.1 Å². The summed E-state index contributed by atoms with van der Waals surface area (Å²) in [6.45, 7) is -3.28. The third-order valence-electron chi connectivity index (χ3n) is 2.03. The van der Waals surface area contributed by atoms with Crippen LogP contribution in [0.5, 0.6) is 11.5 Å². The van der Waals surface area contributed by atoms with Gasteiger partial charge in [-0.1, -0.05) is 12.1 Å². The maximum Gasteiger partial charge on any atom is 0.573 e. The maximum absolute atomic E-state index is 12.2. The number of carbonyl (C=O) groups is 1. The molecule has 1 aromatic carbocycles. The zero-order valence-electron chi connectivity index (χ0n) is 9.42. The first-order chi connectivity index (χ1) is 8.83. The van der Waals surface area contributed by atoms with Crippen molar-refractivity contribution in [2.75, 3.05) is 0 Å². The van der Waals surface area contributed by atoms with Crippen LogP contribution in [0.3, 0.4) is 0 Å². The number of para-hydroxylation sites is 1. The second kappa shape index (κ2) is 6.35. The summed E-state index contributed by atoms with van der Waals surface area (Å²) in [5, 5.41) is 0. The largest absolute Gasteiger partial charge is 0.573 e. The van der Waals surface area contributed by atoms with Crippen LogP contribution in [0, 0.1) is 0 Å². The van der Waals surface area contributed by atoms with Crippen molar-refractivity contribution in [2.24, 2.45) is 0 Å². The number of carbonyl (C=O) groups excluding carboxylic acids is 1. The fraction of sp³-hybridized carbons (Fsp3) is 0.364. The molecule has 0 spiro atoms. The summed E-state index contributed by atoms with van der Waals surface area (Å²) >= 11 is 0. The van der Waals surface area contributed by atoms with Crippen molar-refractivity contribution in [3.05, 3.63) is 23.8 Å². The molecule has 0 heterocycles. The van der Waals surface area contributed by atoms with Crippen molar-refractivity contribution in [2.45, 2.75) is 25.8 Å². The second-order valence-corrected chi connectivity index (χ2v) is 3.38. The Morgan fingerprint density at radius 3 is 2.47 bits per heavy atom. The molecule has 0 amide bonds. The summed E-state index contributed by atoms with van der Waals surface area (Å²) in [5.74, 6) is -1.58. The lowest BCUT2D eigenvalue weighted by atomic mass is 10.1. The molecule has 0 saturated carbocycles. The first-order valence-corrected chi connectivity index (χ1v) is 5.09. The topological polar surface area (TPSA) is 35.5 Å². The molecule has 0 aliphatic heterocycles. The Hall–Kier alpha value is -1.86. The molecule has 1 rings (SSSR count). The van der Waals surface area contributed by atoms with Crippen LogP contribution in [0.25, 0.3) is 0 Å². The van der Waals surface area contributed by atoms with E-state index in [-0.39, 0.29) is 18.4 Å². The number of hydrogen-bond acceptors (Lipinski definition) is 3. The lowest BCUT2D eigenvalue weighted by Crippen LogP contribution is -2.19. The van der Waals surface area contributed by atoms with Crippen molar-refractivity contribution >= 4 is 6.29 Å². The number of aryl methyl sites for hydroxylation is 1. The molecule has 19 heavy (non-hydrogen) atoms. The smallest absolute Gasteiger partial charge is 0.431 e. The monoisotopic (exact) mass is 284 g/mol. The summed E-state index contributed by atoms with van der Waals surface area (Å²) in [5.41, 5.74) is -0.0393. The van der Waals surface area contributed by atoms with E-state index in [1.54, 1.807) is 0 Å². The van der Waals surface area contributed by atoms with E-state index < -0.39 is 24.5 Å². The fourth-order valence-electron chi connectivity index (χ4n) is 1.39. The first kappa shape index (κ1) is 15.2. The average molecular weight is 284 g/mol. The minimum absolute atomic E-state index is 0.0393. The SMILES string of the molecule is O=CCCc1cccc(OC(F)F)c1OC(F)(F)F. The Morgan fingerprint density at radius 2 is 1.95 bits per heavy atom. The Bertz CT molecular complexity index is 431. The predicted octanol–water partition coefficient (Wildman–Crippen LogP) is 3.32. The van der Waals surface area contributed by atoms with Crippen LogP contribution in [0.15, 0.2) is 18.2 Å². The molecule has 0 aromatic heterocycles. The van der Waals surface area contributed by atoms with Gasteiger partial charge < -0.3 is 14.3 Å². The maximum atomic E-state index is 12.2. The minimum Gasteiger partial charge on any atom is -0.431 e. The molecule has 106 valence electrons. The normalized spacial score (nSPS) is 11.5. The van der Waals surface area contributed by atoms with E-state index in [9.17, 15) is 26.7 Å². The highest BCUT2D eigenvalue weighted by molar-refractivity contribution is 5.53. The summed E-state index contributed by atoms with van der Waals surface area (Å²) in [7, 11) is 0. The van der Waals surface area contributed by atoms with Gasteiger partial charge in [-0.2, -0.15) is 8.78 Å². The van der Waals surface area contributed by atoms with Crippen LogP contribution in [0.1, 0.15) is 12.0 Å². The molecule has 3 nitrogen and oxygen atoms in total. The highest BCUT2D eigenvalue weighted by Crippen LogP contribution is 2.37. The Morgan fingerprint density at radius 1 is 1.26 bits per heavy atom. The number of benzene rings is 1. The number of alkyl halides is 5. The number of rotatable bonds is 6. The Kier molecular flexibility index (Phi) is 5.08. The zero-order chi connectivity index (χ0) is 14.5. The predicted molar refractivity (Wildman–Crippen MR) is 54.1 cm³/mol. The van der Waals surface area contributed by atoms with Crippen LogP contribution in [-0.4, -0.2) is 19.3 Å². The van der Waals surface area contributed by atoms with Crippen LogP contribution in [0.4, 0.5) is 22.0 Å². The van der Waals surface area contributed by atoms with Gasteiger partial charge in [0.1, 0.15) is 6.29 Å². The van der Waals surface area contributed by atoms with Gasteiger partial charge >= 0.3 is 13.0 Å². The molecule has 0 bridgehead atoms. The van der Waals surface area contributed by atoms with E-state index in [2.05, 4.69) is 9.47 Å². The van der Waals surface area contributed by atoms with Gasteiger partial charge in [0, 0.05) is 6.42 Å². The van der Waals surface area contributed by atoms with Gasteiger partial charge in [-0.25, -0.2) is 0 Å². The summed E-state index contributed by atoms with van der Waals surface area (Å²) in [6.07, 6.45) is -4.68. The Balaban J connectivity index is 3.11. The molecule has 0 N–H and O–H groups in total. The van der Waals surface area contributed by atoms with Gasteiger partial charge in [-0.3, -0.25) is 0 Å². The molecule has 8 heteroatoms. The molecule has 1 aromatic rings. The zero-order valence-corrected chi connectivity index (χ0v) is 9.42. The first-order valence-electron chi connectivity index (χ1n) is 5.09. The van der Waals surface area contributed by atoms with Gasteiger partial charge in [0.25, 0.3) is 0 Å². The molecule has 0 unspecified atom stereocenters. The third kappa shape index (κ3) is 5.11. The van der Waals surface area contributed by atoms with E-state index in [4.69, 9.17) is 0 Å². The molecule has 0 aliphatic carbocycles. The molecule has 0 aliphatic rings.